The quantitative estimate of drug-likeness (QED) is 0.831. The Morgan fingerprint density at radius 3 is 2.59 bits per heavy atom. The minimum Gasteiger partial charge on any atom is -0.439 e. The van der Waals surface area contributed by atoms with E-state index in [0.717, 1.165) is 22.6 Å². The lowest BCUT2D eigenvalue weighted by Gasteiger charge is -2.58. The molecule has 144 valence electrons. The third-order valence-corrected chi connectivity index (χ3v) is 5.58. The Morgan fingerprint density at radius 2 is 2.00 bits per heavy atom. The van der Waals surface area contributed by atoms with Gasteiger partial charge in [-0.3, -0.25) is 5.32 Å². The first-order chi connectivity index (χ1) is 12.7. The van der Waals surface area contributed by atoms with Crippen molar-refractivity contribution in [1.82, 2.24) is 15.1 Å². The molecular formula is C19H20F3N3O2. The van der Waals surface area contributed by atoms with Gasteiger partial charge in [0, 0.05) is 23.6 Å². The van der Waals surface area contributed by atoms with Gasteiger partial charge in [0.25, 0.3) is 0 Å². The monoisotopic (exact) mass is 379 g/mol. The molecule has 0 amide bonds. The van der Waals surface area contributed by atoms with Gasteiger partial charge in [0.2, 0.25) is 0 Å². The zero-order chi connectivity index (χ0) is 19.4. The van der Waals surface area contributed by atoms with E-state index in [2.05, 4.69) is 15.2 Å². The number of para-hydroxylation sites is 1. The lowest BCUT2D eigenvalue weighted by molar-refractivity contribution is -0.230. The Bertz CT molecular complexity index is 885. The van der Waals surface area contributed by atoms with Crippen molar-refractivity contribution < 1.29 is 22.7 Å². The molecule has 1 aromatic heterocycles. The van der Waals surface area contributed by atoms with E-state index in [4.69, 9.17) is 0 Å². The SMILES string of the molecule is Cc1cc(C2CC3(CNC3OC(=O)C(F)(F)F)C2)n(-c2ccccc2C)n1. The molecular weight excluding hydrogens is 359 g/mol. The molecule has 2 aromatic rings. The van der Waals surface area contributed by atoms with Crippen molar-refractivity contribution in [2.45, 2.75) is 45.0 Å². The largest absolute Gasteiger partial charge is 0.490 e. The van der Waals surface area contributed by atoms with Crippen molar-refractivity contribution in [3.05, 3.63) is 47.3 Å². The van der Waals surface area contributed by atoms with E-state index in [1.54, 1.807) is 0 Å². The van der Waals surface area contributed by atoms with Crippen LogP contribution in [0.4, 0.5) is 13.2 Å². The number of carbonyl (C=O) groups is 1. The number of ether oxygens (including phenoxy) is 1. The van der Waals surface area contributed by atoms with Gasteiger partial charge in [0.1, 0.15) is 0 Å². The normalized spacial score (nSPS) is 27.1. The van der Waals surface area contributed by atoms with Gasteiger partial charge in [0.05, 0.1) is 11.4 Å². The molecule has 0 radical (unpaired) electrons. The highest BCUT2D eigenvalue weighted by Gasteiger charge is 2.59. The third-order valence-electron chi connectivity index (χ3n) is 5.58. The molecule has 1 atom stereocenters. The molecule has 1 aliphatic heterocycles. The Morgan fingerprint density at radius 1 is 1.30 bits per heavy atom. The van der Waals surface area contributed by atoms with Crippen LogP contribution < -0.4 is 5.32 Å². The zero-order valence-corrected chi connectivity index (χ0v) is 15.0. The number of hydrogen-bond acceptors (Lipinski definition) is 4. The van der Waals surface area contributed by atoms with Crippen LogP contribution in [0.25, 0.3) is 5.69 Å². The van der Waals surface area contributed by atoms with Crippen LogP contribution in [0.1, 0.15) is 35.7 Å². The molecule has 2 aliphatic rings. The fourth-order valence-corrected chi connectivity index (χ4v) is 4.11. The summed E-state index contributed by atoms with van der Waals surface area (Å²) in [5.41, 5.74) is 3.60. The number of carbonyl (C=O) groups excluding carboxylic acids is 1. The molecule has 2 fully saturated rings. The first-order valence-corrected chi connectivity index (χ1v) is 8.83. The molecule has 2 heterocycles. The van der Waals surface area contributed by atoms with Gasteiger partial charge in [-0.1, -0.05) is 18.2 Å². The molecule has 1 aliphatic carbocycles. The maximum absolute atomic E-state index is 12.5. The van der Waals surface area contributed by atoms with Gasteiger partial charge < -0.3 is 4.74 Å². The standard InChI is InChI=1S/C19H20F3N3O2/c1-11-5-3-4-6-14(11)25-15(7-12(2)24-25)13-8-18(9-13)10-23-16(18)27-17(26)19(20,21)22/h3-7,13,16,23H,8-10H2,1-2H3. The molecule has 0 bridgehead atoms. The van der Waals surface area contributed by atoms with Gasteiger partial charge in [-0.15, -0.1) is 0 Å². The number of esters is 1. The number of nitrogens with zero attached hydrogens (tertiary/aromatic N) is 2. The number of aromatic nitrogens is 2. The summed E-state index contributed by atoms with van der Waals surface area (Å²) in [7, 11) is 0. The van der Waals surface area contributed by atoms with Crippen LogP contribution >= 0.6 is 0 Å². The van der Waals surface area contributed by atoms with E-state index in [-0.39, 0.29) is 5.92 Å². The first-order valence-electron chi connectivity index (χ1n) is 8.83. The van der Waals surface area contributed by atoms with Crippen molar-refractivity contribution in [2.75, 3.05) is 6.54 Å². The molecule has 1 saturated heterocycles. The topological polar surface area (TPSA) is 56.1 Å². The first kappa shape index (κ1) is 18.0. The average molecular weight is 379 g/mol. The molecule has 1 saturated carbocycles. The van der Waals surface area contributed by atoms with E-state index in [9.17, 15) is 18.0 Å². The van der Waals surface area contributed by atoms with E-state index in [1.807, 2.05) is 48.9 Å². The lowest BCUT2D eigenvalue weighted by Crippen LogP contribution is -2.69. The molecule has 4 rings (SSSR count). The van der Waals surface area contributed by atoms with Gasteiger partial charge in [-0.25, -0.2) is 9.48 Å². The second kappa shape index (κ2) is 6.09. The molecule has 1 unspecified atom stereocenters. The Labute approximate surface area is 154 Å². The van der Waals surface area contributed by atoms with Crippen LogP contribution in [0.2, 0.25) is 0 Å². The van der Waals surface area contributed by atoms with Crippen LogP contribution in [0.15, 0.2) is 30.3 Å². The number of halogens is 3. The highest BCUT2D eigenvalue weighted by molar-refractivity contribution is 5.75. The lowest BCUT2D eigenvalue weighted by atomic mass is 9.56. The molecule has 1 aromatic carbocycles. The van der Waals surface area contributed by atoms with E-state index in [1.165, 1.54) is 0 Å². The Balaban J connectivity index is 1.51. The number of nitrogens with one attached hydrogen (secondary N) is 1. The summed E-state index contributed by atoms with van der Waals surface area (Å²) in [4.78, 5) is 11.1. The van der Waals surface area contributed by atoms with Gasteiger partial charge in [-0.2, -0.15) is 18.3 Å². The maximum atomic E-state index is 12.5. The van der Waals surface area contributed by atoms with Crippen molar-refractivity contribution >= 4 is 5.97 Å². The van der Waals surface area contributed by atoms with Crippen molar-refractivity contribution in [2.24, 2.45) is 5.41 Å². The fourth-order valence-electron chi connectivity index (χ4n) is 4.11. The number of rotatable bonds is 3. The number of hydrogen-bond donors (Lipinski definition) is 1. The molecule has 5 nitrogen and oxygen atoms in total. The molecule has 1 spiro atoms. The predicted molar refractivity (Wildman–Crippen MR) is 91.4 cm³/mol. The second-order valence-corrected chi connectivity index (χ2v) is 7.54. The number of benzene rings is 1. The Kier molecular flexibility index (Phi) is 4.06. The summed E-state index contributed by atoms with van der Waals surface area (Å²) >= 11 is 0. The minimum atomic E-state index is -4.97. The third kappa shape index (κ3) is 3.01. The minimum absolute atomic E-state index is 0.167. The van der Waals surface area contributed by atoms with Crippen molar-refractivity contribution in [3.63, 3.8) is 0 Å². The maximum Gasteiger partial charge on any atom is 0.490 e. The van der Waals surface area contributed by atoms with Gasteiger partial charge in [0.15, 0.2) is 6.23 Å². The number of aryl methyl sites for hydroxylation is 2. The van der Waals surface area contributed by atoms with E-state index in [0.29, 0.717) is 19.4 Å². The summed E-state index contributed by atoms with van der Waals surface area (Å²) in [6.45, 7) is 4.49. The van der Waals surface area contributed by atoms with Crippen LogP contribution in [0.5, 0.6) is 0 Å². The number of alkyl halides is 3. The molecule has 8 heteroatoms. The summed E-state index contributed by atoms with van der Waals surface area (Å²) in [6.07, 6.45) is -4.53. The van der Waals surface area contributed by atoms with Gasteiger partial charge >= 0.3 is 12.1 Å². The average Bonchev–Trinajstić information content (AvgIpc) is 2.91. The van der Waals surface area contributed by atoms with Crippen LogP contribution in [0.3, 0.4) is 0 Å². The molecule has 1 N–H and O–H groups in total. The molecule has 27 heavy (non-hydrogen) atoms. The second-order valence-electron chi connectivity index (χ2n) is 7.54. The van der Waals surface area contributed by atoms with Crippen LogP contribution in [-0.4, -0.2) is 34.7 Å². The smallest absolute Gasteiger partial charge is 0.439 e. The van der Waals surface area contributed by atoms with Crippen molar-refractivity contribution in [3.8, 4) is 5.69 Å². The highest BCUT2D eigenvalue weighted by Crippen LogP contribution is 2.57. The Hall–Kier alpha value is -2.35. The van der Waals surface area contributed by atoms with E-state index >= 15 is 0 Å². The fraction of sp³-hybridized carbons (Fsp3) is 0.474. The van der Waals surface area contributed by atoms with Crippen LogP contribution in [0, 0.1) is 19.3 Å². The van der Waals surface area contributed by atoms with Crippen LogP contribution in [-0.2, 0) is 9.53 Å². The highest BCUT2D eigenvalue weighted by atomic mass is 19.4. The summed E-state index contributed by atoms with van der Waals surface area (Å²) in [5.74, 6) is -1.97. The summed E-state index contributed by atoms with van der Waals surface area (Å²) in [6, 6.07) is 9.95. The van der Waals surface area contributed by atoms with Gasteiger partial charge in [-0.05, 0) is 44.4 Å². The van der Waals surface area contributed by atoms with Crippen molar-refractivity contribution in [1.29, 1.82) is 0 Å². The predicted octanol–water partition coefficient (Wildman–Crippen LogP) is 3.39. The zero-order valence-electron chi connectivity index (χ0n) is 15.0. The summed E-state index contributed by atoms with van der Waals surface area (Å²) < 4.78 is 43.9. The van der Waals surface area contributed by atoms with E-state index < -0.39 is 23.8 Å². The summed E-state index contributed by atoms with van der Waals surface area (Å²) in [5, 5.41) is 7.41.